The molecule has 4 nitrogen and oxygen atoms in total. The predicted molar refractivity (Wildman–Crippen MR) is 55.4 cm³/mol. The molecule has 0 amide bonds. The molecule has 13 heavy (non-hydrogen) atoms. The van der Waals surface area contributed by atoms with Gasteiger partial charge in [-0.2, -0.15) is 0 Å². The third-order valence-corrected chi connectivity index (χ3v) is 2.14. The lowest BCUT2D eigenvalue weighted by Gasteiger charge is -2.03. The van der Waals surface area contributed by atoms with Crippen LogP contribution in [0.1, 0.15) is 19.8 Å². The van der Waals surface area contributed by atoms with Crippen molar-refractivity contribution in [2.45, 2.75) is 19.8 Å². The third kappa shape index (κ3) is 9.66. The lowest BCUT2D eigenvalue weighted by atomic mass is 10.4. The van der Waals surface area contributed by atoms with E-state index < -0.39 is 0 Å². The van der Waals surface area contributed by atoms with Crippen LogP contribution in [-0.2, 0) is 9.53 Å². The number of hydrogen-bond donors (Lipinski definition) is 2. The quantitative estimate of drug-likeness (QED) is 0.344. The zero-order valence-electron chi connectivity index (χ0n) is 8.04. The van der Waals surface area contributed by atoms with Gasteiger partial charge in [0.1, 0.15) is 13.2 Å². The Morgan fingerprint density at radius 2 is 2.38 bits per heavy atom. The summed E-state index contributed by atoms with van der Waals surface area (Å²) in [5.74, 6) is 0.787. The van der Waals surface area contributed by atoms with Gasteiger partial charge in [-0.1, -0.05) is 25.3 Å². The van der Waals surface area contributed by atoms with Gasteiger partial charge in [0.25, 0.3) is 0 Å². The Labute approximate surface area is 83.7 Å². The maximum Gasteiger partial charge on any atom is 0.320 e. The van der Waals surface area contributed by atoms with Gasteiger partial charge in [0.05, 0.1) is 0 Å². The number of carbonyl (C=O) groups is 1. The molecule has 0 rings (SSSR count). The molecule has 5 heteroatoms. The summed E-state index contributed by atoms with van der Waals surface area (Å²) in [5.41, 5.74) is 5.17. The molecule has 0 aliphatic heterocycles. The van der Waals surface area contributed by atoms with Crippen LogP contribution >= 0.6 is 11.9 Å². The van der Waals surface area contributed by atoms with E-state index in [2.05, 4.69) is 11.6 Å². The Morgan fingerprint density at radius 1 is 1.62 bits per heavy atom. The van der Waals surface area contributed by atoms with E-state index in [1.807, 2.05) is 0 Å². The average Bonchev–Trinajstić information content (AvgIpc) is 2.14. The smallest absolute Gasteiger partial charge is 0.320 e. The SMILES string of the molecule is CCCCSNCC(=O)OCCN. The molecule has 0 aromatic carbocycles. The van der Waals surface area contributed by atoms with Crippen LogP contribution in [0.3, 0.4) is 0 Å². The van der Waals surface area contributed by atoms with Gasteiger partial charge in [-0.25, -0.2) is 0 Å². The second-order valence-electron chi connectivity index (χ2n) is 2.53. The van der Waals surface area contributed by atoms with E-state index in [9.17, 15) is 4.79 Å². The Bertz CT molecular complexity index is 133. The van der Waals surface area contributed by atoms with Crippen LogP contribution in [0.25, 0.3) is 0 Å². The molecule has 0 fully saturated rings. The standard InChI is InChI=1S/C8H18N2O2S/c1-2-3-6-13-10-7-8(11)12-5-4-9/h10H,2-7,9H2,1H3. The van der Waals surface area contributed by atoms with Crippen molar-refractivity contribution in [1.29, 1.82) is 0 Å². The summed E-state index contributed by atoms with van der Waals surface area (Å²) in [6, 6.07) is 0. The van der Waals surface area contributed by atoms with Gasteiger partial charge >= 0.3 is 5.97 Å². The fraction of sp³-hybridized carbons (Fsp3) is 0.875. The van der Waals surface area contributed by atoms with E-state index in [0.29, 0.717) is 13.2 Å². The molecule has 0 aliphatic carbocycles. The van der Waals surface area contributed by atoms with E-state index >= 15 is 0 Å². The molecule has 0 radical (unpaired) electrons. The van der Waals surface area contributed by atoms with Gasteiger partial charge in [0.15, 0.2) is 0 Å². The van der Waals surface area contributed by atoms with E-state index in [0.717, 1.165) is 12.2 Å². The maximum absolute atomic E-state index is 10.9. The zero-order chi connectivity index (χ0) is 9.94. The van der Waals surface area contributed by atoms with E-state index in [1.165, 1.54) is 6.42 Å². The molecule has 0 saturated carbocycles. The summed E-state index contributed by atoms with van der Waals surface area (Å²) in [4.78, 5) is 10.9. The number of nitrogens with one attached hydrogen (secondary N) is 1. The first kappa shape index (κ1) is 12.7. The second-order valence-corrected chi connectivity index (χ2v) is 3.52. The Balaban J connectivity index is 3.08. The summed E-state index contributed by atoms with van der Waals surface area (Å²) >= 11 is 1.56. The second kappa shape index (κ2) is 9.83. The number of ether oxygens (including phenoxy) is 1. The lowest BCUT2D eigenvalue weighted by molar-refractivity contribution is -0.141. The normalized spacial score (nSPS) is 10.0. The molecule has 0 heterocycles. The molecule has 0 bridgehead atoms. The van der Waals surface area contributed by atoms with Crippen molar-refractivity contribution >= 4 is 17.9 Å². The van der Waals surface area contributed by atoms with Crippen molar-refractivity contribution < 1.29 is 9.53 Å². The topological polar surface area (TPSA) is 64.3 Å². The van der Waals surface area contributed by atoms with E-state index in [4.69, 9.17) is 10.5 Å². The highest BCUT2D eigenvalue weighted by atomic mass is 32.2. The van der Waals surface area contributed by atoms with Gasteiger partial charge in [-0.05, 0) is 6.42 Å². The van der Waals surface area contributed by atoms with Crippen LogP contribution in [0.4, 0.5) is 0 Å². The molecule has 3 N–H and O–H groups in total. The van der Waals surface area contributed by atoms with Crippen molar-refractivity contribution in [3.05, 3.63) is 0 Å². The number of nitrogens with two attached hydrogens (primary N) is 1. The predicted octanol–water partition coefficient (Wildman–Crippen LogP) is 0.526. The Hall–Kier alpha value is -0.260. The molecular formula is C8H18N2O2S. The fourth-order valence-corrected chi connectivity index (χ4v) is 1.42. The number of carbonyl (C=O) groups excluding carboxylic acids is 1. The van der Waals surface area contributed by atoms with Crippen molar-refractivity contribution in [3.63, 3.8) is 0 Å². The van der Waals surface area contributed by atoms with Crippen molar-refractivity contribution in [2.24, 2.45) is 5.73 Å². The van der Waals surface area contributed by atoms with Gasteiger partial charge < -0.3 is 10.5 Å². The molecule has 0 aromatic heterocycles. The largest absolute Gasteiger partial charge is 0.463 e. The molecule has 0 saturated heterocycles. The van der Waals surface area contributed by atoms with E-state index in [-0.39, 0.29) is 12.5 Å². The maximum atomic E-state index is 10.9. The highest BCUT2D eigenvalue weighted by molar-refractivity contribution is 7.97. The minimum atomic E-state index is -0.241. The van der Waals surface area contributed by atoms with Gasteiger partial charge in [0, 0.05) is 12.3 Å². The van der Waals surface area contributed by atoms with Crippen LogP contribution in [0.2, 0.25) is 0 Å². The van der Waals surface area contributed by atoms with E-state index in [1.54, 1.807) is 11.9 Å². The molecule has 0 unspecified atom stereocenters. The molecule has 0 atom stereocenters. The average molecular weight is 206 g/mol. The first-order valence-electron chi connectivity index (χ1n) is 4.51. The molecule has 0 spiro atoms. The Kier molecular flexibility index (Phi) is 9.63. The van der Waals surface area contributed by atoms with Crippen molar-refractivity contribution in [3.8, 4) is 0 Å². The summed E-state index contributed by atoms with van der Waals surface area (Å²) < 4.78 is 7.69. The van der Waals surface area contributed by atoms with Crippen LogP contribution < -0.4 is 10.5 Å². The first-order valence-corrected chi connectivity index (χ1v) is 5.50. The Morgan fingerprint density at radius 3 is 3.00 bits per heavy atom. The molecule has 0 aliphatic rings. The minimum Gasteiger partial charge on any atom is -0.463 e. The van der Waals surface area contributed by atoms with Crippen molar-refractivity contribution in [2.75, 3.05) is 25.4 Å². The highest BCUT2D eigenvalue weighted by Crippen LogP contribution is 1.98. The summed E-state index contributed by atoms with van der Waals surface area (Å²) in [5, 5.41) is 0. The molecule has 0 aromatic rings. The zero-order valence-corrected chi connectivity index (χ0v) is 8.86. The van der Waals surface area contributed by atoms with Crippen LogP contribution in [0.5, 0.6) is 0 Å². The van der Waals surface area contributed by atoms with Crippen LogP contribution in [0.15, 0.2) is 0 Å². The van der Waals surface area contributed by atoms with Gasteiger partial charge in [-0.15, -0.1) is 0 Å². The molecular weight excluding hydrogens is 188 g/mol. The summed E-state index contributed by atoms with van der Waals surface area (Å²) in [6.07, 6.45) is 2.34. The van der Waals surface area contributed by atoms with Gasteiger partial charge in [0.2, 0.25) is 0 Å². The van der Waals surface area contributed by atoms with Crippen LogP contribution in [-0.4, -0.2) is 31.4 Å². The number of unbranched alkanes of at least 4 members (excludes halogenated alkanes) is 1. The molecule has 78 valence electrons. The summed E-state index contributed by atoms with van der Waals surface area (Å²) in [6.45, 7) is 3.08. The fourth-order valence-electron chi connectivity index (χ4n) is 0.622. The number of rotatable bonds is 8. The van der Waals surface area contributed by atoms with Crippen molar-refractivity contribution in [1.82, 2.24) is 4.72 Å². The minimum absolute atomic E-state index is 0.241. The third-order valence-electron chi connectivity index (χ3n) is 1.30. The highest BCUT2D eigenvalue weighted by Gasteiger charge is 1.99. The first-order chi connectivity index (χ1) is 6.31. The van der Waals surface area contributed by atoms with Gasteiger partial charge in [-0.3, -0.25) is 9.52 Å². The number of esters is 1. The monoisotopic (exact) mass is 206 g/mol. The van der Waals surface area contributed by atoms with Crippen LogP contribution in [0, 0.1) is 0 Å². The number of hydrogen-bond acceptors (Lipinski definition) is 5. The lowest BCUT2D eigenvalue weighted by Crippen LogP contribution is -2.22. The summed E-state index contributed by atoms with van der Waals surface area (Å²) in [7, 11) is 0.